The Hall–Kier alpha value is 0.440. The van der Waals surface area contributed by atoms with Gasteiger partial charge in [0.05, 0.1) is 6.61 Å². The van der Waals surface area contributed by atoms with Crippen molar-refractivity contribution in [3.05, 3.63) is 0 Å². The van der Waals surface area contributed by atoms with Crippen molar-refractivity contribution >= 4 is 15.9 Å². The second-order valence-corrected chi connectivity index (χ2v) is 7.87. The van der Waals surface area contributed by atoms with E-state index in [1.54, 1.807) is 0 Å². The molecule has 1 spiro atoms. The average Bonchev–Trinajstić information content (AvgIpc) is 2.54. The molecule has 0 aromatic rings. The van der Waals surface area contributed by atoms with Gasteiger partial charge in [0.1, 0.15) is 0 Å². The summed E-state index contributed by atoms with van der Waals surface area (Å²) in [4.78, 5) is 0.369. The zero-order valence-corrected chi connectivity index (χ0v) is 10.7. The highest BCUT2D eigenvalue weighted by atomic mass is 79.9. The first-order chi connectivity index (χ1) is 7.18. The maximum absolute atomic E-state index is 9.45. The molecule has 1 nitrogen and oxygen atoms in total. The Kier molecular flexibility index (Phi) is 1.67. The van der Waals surface area contributed by atoms with Crippen molar-refractivity contribution in [1.29, 1.82) is 0 Å². The molecule has 0 aromatic heterocycles. The first-order valence-corrected chi connectivity index (χ1v) is 7.35. The van der Waals surface area contributed by atoms with Gasteiger partial charge in [-0.15, -0.1) is 0 Å². The van der Waals surface area contributed by atoms with Crippen LogP contribution >= 0.6 is 15.9 Å². The fourth-order valence-electron chi connectivity index (χ4n) is 5.98. The van der Waals surface area contributed by atoms with E-state index in [-0.39, 0.29) is 0 Å². The minimum atomic E-state index is 0.334. The van der Waals surface area contributed by atoms with Crippen molar-refractivity contribution in [2.45, 2.75) is 43.4 Å². The third-order valence-electron chi connectivity index (χ3n) is 6.34. The van der Waals surface area contributed by atoms with Gasteiger partial charge in [-0.2, -0.15) is 0 Å². The second kappa shape index (κ2) is 2.64. The minimum Gasteiger partial charge on any atom is -0.395 e. The summed E-state index contributed by atoms with van der Waals surface area (Å²) in [5.41, 5.74) is 1.25. The summed E-state index contributed by atoms with van der Waals surface area (Å²) >= 11 is 3.76. The number of fused-ring (bicyclic) bond motifs is 2. The van der Waals surface area contributed by atoms with Crippen LogP contribution in [0.3, 0.4) is 0 Å². The van der Waals surface area contributed by atoms with Crippen molar-refractivity contribution in [2.24, 2.45) is 28.6 Å². The zero-order valence-electron chi connectivity index (χ0n) is 9.08. The van der Waals surface area contributed by atoms with E-state index in [0.717, 1.165) is 23.2 Å². The summed E-state index contributed by atoms with van der Waals surface area (Å²) in [6.45, 7) is 0.334. The Balaban J connectivity index is 1.75. The molecule has 3 bridgehead atoms. The van der Waals surface area contributed by atoms with E-state index in [2.05, 4.69) is 15.9 Å². The fourth-order valence-corrected chi connectivity index (χ4v) is 6.52. The minimum absolute atomic E-state index is 0.334. The molecule has 0 saturated heterocycles. The quantitative estimate of drug-likeness (QED) is 0.765. The van der Waals surface area contributed by atoms with E-state index < -0.39 is 0 Å². The zero-order chi connectivity index (χ0) is 10.3. The van der Waals surface area contributed by atoms with Gasteiger partial charge in [0.2, 0.25) is 0 Å². The molecule has 2 heteroatoms. The summed E-state index contributed by atoms with van der Waals surface area (Å²) < 4.78 is 0. The second-order valence-electron chi connectivity index (χ2n) is 6.77. The van der Waals surface area contributed by atoms with Crippen molar-refractivity contribution in [2.75, 3.05) is 6.61 Å². The number of alkyl halides is 1. The predicted molar refractivity (Wildman–Crippen MR) is 62.8 cm³/mol. The van der Waals surface area contributed by atoms with Crippen LogP contribution in [0.2, 0.25) is 0 Å². The van der Waals surface area contributed by atoms with Gasteiger partial charge in [0.25, 0.3) is 0 Å². The van der Waals surface area contributed by atoms with Crippen LogP contribution in [0.1, 0.15) is 38.5 Å². The Morgan fingerprint density at radius 3 is 2.87 bits per heavy atom. The van der Waals surface area contributed by atoms with Crippen LogP contribution in [0.4, 0.5) is 0 Å². The third kappa shape index (κ3) is 0.914. The van der Waals surface area contributed by atoms with Crippen LogP contribution in [0.25, 0.3) is 0 Å². The third-order valence-corrected chi connectivity index (χ3v) is 7.60. The van der Waals surface area contributed by atoms with E-state index in [4.69, 9.17) is 0 Å². The van der Waals surface area contributed by atoms with Crippen molar-refractivity contribution in [3.8, 4) is 0 Å². The summed E-state index contributed by atoms with van der Waals surface area (Å²) in [7, 11) is 0. The first-order valence-electron chi connectivity index (χ1n) is 6.43. The maximum Gasteiger partial charge on any atom is 0.0561 e. The first kappa shape index (κ1) is 9.47. The van der Waals surface area contributed by atoms with Crippen LogP contribution in [0.5, 0.6) is 0 Å². The standard InChI is InChI=1S/C13H19BrO/c14-11(6-15)12-3-8-1-9-2-10(5-12)13(9,4-8)7-12/h8-11,15H,1-7H2. The lowest BCUT2D eigenvalue weighted by Crippen LogP contribution is -2.42. The lowest BCUT2D eigenvalue weighted by molar-refractivity contribution is -0.00324. The molecule has 15 heavy (non-hydrogen) atoms. The molecular formula is C13H19BrO. The molecule has 84 valence electrons. The molecule has 0 radical (unpaired) electrons. The lowest BCUT2D eigenvalue weighted by Gasteiger charge is -2.49. The smallest absolute Gasteiger partial charge is 0.0561 e. The molecule has 6 atom stereocenters. The average molecular weight is 271 g/mol. The van der Waals surface area contributed by atoms with E-state index in [9.17, 15) is 5.11 Å². The molecular weight excluding hydrogens is 252 g/mol. The van der Waals surface area contributed by atoms with Gasteiger partial charge in [-0.3, -0.25) is 0 Å². The Bertz CT molecular complexity index is 314. The number of halogens is 1. The van der Waals surface area contributed by atoms with Gasteiger partial charge in [-0.05, 0) is 67.1 Å². The van der Waals surface area contributed by atoms with Gasteiger partial charge in [-0.1, -0.05) is 15.9 Å². The SMILES string of the molecule is OCC(Br)C12CC3CC4CC(C1)C4(C3)C2. The predicted octanol–water partition coefficient (Wildman–Crippen LogP) is 2.96. The monoisotopic (exact) mass is 270 g/mol. The summed E-state index contributed by atoms with van der Waals surface area (Å²) in [6, 6.07) is 0. The van der Waals surface area contributed by atoms with Gasteiger partial charge >= 0.3 is 0 Å². The molecule has 4 aliphatic carbocycles. The van der Waals surface area contributed by atoms with Crippen LogP contribution in [0.15, 0.2) is 0 Å². The maximum atomic E-state index is 9.45. The van der Waals surface area contributed by atoms with E-state index in [1.165, 1.54) is 38.5 Å². The van der Waals surface area contributed by atoms with Crippen molar-refractivity contribution in [3.63, 3.8) is 0 Å². The molecule has 4 rings (SSSR count). The van der Waals surface area contributed by atoms with E-state index in [0.29, 0.717) is 16.8 Å². The number of aliphatic hydroxyl groups excluding tert-OH is 1. The van der Waals surface area contributed by atoms with Crippen LogP contribution < -0.4 is 0 Å². The van der Waals surface area contributed by atoms with E-state index in [1.807, 2.05) is 0 Å². The molecule has 4 saturated carbocycles. The fraction of sp³-hybridized carbons (Fsp3) is 1.00. The van der Waals surface area contributed by atoms with Crippen LogP contribution in [-0.2, 0) is 0 Å². The van der Waals surface area contributed by atoms with Crippen molar-refractivity contribution < 1.29 is 5.11 Å². The van der Waals surface area contributed by atoms with Crippen LogP contribution in [0, 0.1) is 28.6 Å². The van der Waals surface area contributed by atoms with Gasteiger partial charge in [0, 0.05) is 4.83 Å². The molecule has 1 N–H and O–H groups in total. The van der Waals surface area contributed by atoms with Crippen molar-refractivity contribution in [1.82, 2.24) is 0 Å². The number of hydrogen-bond donors (Lipinski definition) is 1. The highest BCUT2D eigenvalue weighted by molar-refractivity contribution is 9.09. The number of aliphatic hydroxyl groups is 1. The molecule has 4 aliphatic rings. The highest BCUT2D eigenvalue weighted by Gasteiger charge is 2.71. The molecule has 4 fully saturated rings. The summed E-state index contributed by atoms with van der Waals surface area (Å²) in [5, 5.41) is 9.45. The Morgan fingerprint density at radius 2 is 2.07 bits per heavy atom. The highest BCUT2D eigenvalue weighted by Crippen LogP contribution is 2.79. The van der Waals surface area contributed by atoms with Gasteiger partial charge < -0.3 is 5.11 Å². The molecule has 0 aromatic carbocycles. The Morgan fingerprint density at radius 1 is 1.20 bits per heavy atom. The number of hydrogen-bond acceptors (Lipinski definition) is 1. The Labute approximate surface area is 99.8 Å². The van der Waals surface area contributed by atoms with Gasteiger partial charge in [-0.25, -0.2) is 0 Å². The number of rotatable bonds is 2. The van der Waals surface area contributed by atoms with E-state index >= 15 is 0 Å². The largest absolute Gasteiger partial charge is 0.395 e. The van der Waals surface area contributed by atoms with Gasteiger partial charge in [0.15, 0.2) is 0 Å². The van der Waals surface area contributed by atoms with Crippen LogP contribution in [-0.4, -0.2) is 16.5 Å². The summed E-state index contributed by atoms with van der Waals surface area (Å²) in [6.07, 6.45) is 8.82. The normalized spacial score (nSPS) is 61.6. The molecule has 0 heterocycles. The molecule has 6 unspecified atom stereocenters. The molecule has 0 aliphatic heterocycles. The topological polar surface area (TPSA) is 20.2 Å². The summed E-state index contributed by atoms with van der Waals surface area (Å²) in [5.74, 6) is 3.11. The molecule has 0 amide bonds. The lowest BCUT2D eigenvalue weighted by atomic mass is 9.55.